The number of nitrogens with one attached hydrogen (secondary N) is 2. The molecule has 2 aromatic carbocycles. The lowest BCUT2D eigenvalue weighted by Crippen LogP contribution is -2.08. The van der Waals surface area contributed by atoms with Crippen molar-refractivity contribution >= 4 is 27.8 Å². The van der Waals surface area contributed by atoms with Crippen LogP contribution in [0.1, 0.15) is 11.4 Å². The van der Waals surface area contributed by atoms with Crippen molar-refractivity contribution in [3.8, 4) is 0 Å². The van der Waals surface area contributed by atoms with Gasteiger partial charge < -0.3 is 10.3 Å². The molecule has 0 saturated heterocycles. The number of aryl methyl sites for hydroxylation is 1. The summed E-state index contributed by atoms with van der Waals surface area (Å²) < 4.78 is 13.2. The Balaban J connectivity index is 1.53. The summed E-state index contributed by atoms with van der Waals surface area (Å²) in [5.74, 6) is 1.37. The van der Waals surface area contributed by atoms with E-state index in [2.05, 4.69) is 25.3 Å². The van der Waals surface area contributed by atoms with Crippen molar-refractivity contribution in [3.05, 3.63) is 59.9 Å². The Kier molecular flexibility index (Phi) is 3.57. The quantitative estimate of drug-likeness (QED) is 0.602. The molecule has 2 N–H and O–H groups in total. The first-order chi connectivity index (χ1) is 11.7. The molecule has 0 amide bonds. The Labute approximate surface area is 138 Å². The molecule has 0 aliphatic carbocycles. The Morgan fingerprint density at radius 3 is 2.96 bits per heavy atom. The number of nitrogens with zero attached hydrogens (tertiary/aromatic N) is 3. The predicted molar refractivity (Wildman–Crippen MR) is 92.5 cm³/mol. The molecule has 6 heteroatoms. The topological polar surface area (TPSA) is 66.5 Å². The normalized spacial score (nSPS) is 11.2. The van der Waals surface area contributed by atoms with Crippen LogP contribution < -0.4 is 5.32 Å². The fraction of sp³-hybridized carbons (Fsp3) is 0.167. The number of hydrogen-bond acceptors (Lipinski definition) is 4. The molecule has 0 unspecified atom stereocenters. The molecular formula is C18H16FN5. The van der Waals surface area contributed by atoms with Crippen LogP contribution in [-0.4, -0.2) is 26.5 Å². The van der Waals surface area contributed by atoms with Crippen molar-refractivity contribution in [1.82, 2.24) is 19.9 Å². The Bertz CT molecular complexity index is 1020. The minimum atomic E-state index is -0.265. The van der Waals surface area contributed by atoms with E-state index in [4.69, 9.17) is 0 Å². The average molecular weight is 321 g/mol. The molecule has 2 heterocycles. The number of rotatable bonds is 4. The van der Waals surface area contributed by atoms with E-state index in [0.717, 1.165) is 33.6 Å². The SMILES string of the molecule is Cc1cccc2ncnc(NCCc3nc4ccc(F)cc4[nH]3)c12. The van der Waals surface area contributed by atoms with Crippen molar-refractivity contribution in [2.45, 2.75) is 13.3 Å². The largest absolute Gasteiger partial charge is 0.369 e. The zero-order valence-corrected chi connectivity index (χ0v) is 13.2. The van der Waals surface area contributed by atoms with Gasteiger partial charge in [-0.2, -0.15) is 0 Å². The van der Waals surface area contributed by atoms with Gasteiger partial charge >= 0.3 is 0 Å². The van der Waals surface area contributed by atoms with Crippen molar-refractivity contribution in [1.29, 1.82) is 0 Å². The molecule has 0 radical (unpaired) electrons. The molecular weight excluding hydrogens is 305 g/mol. The predicted octanol–water partition coefficient (Wildman–Crippen LogP) is 3.61. The fourth-order valence-electron chi connectivity index (χ4n) is 2.87. The van der Waals surface area contributed by atoms with Crippen LogP contribution in [0.4, 0.5) is 10.2 Å². The van der Waals surface area contributed by atoms with Gasteiger partial charge in [-0.1, -0.05) is 12.1 Å². The lowest BCUT2D eigenvalue weighted by Gasteiger charge is -2.09. The van der Waals surface area contributed by atoms with Crippen LogP contribution in [0.25, 0.3) is 21.9 Å². The molecule has 4 aromatic rings. The van der Waals surface area contributed by atoms with Gasteiger partial charge in [0.1, 0.15) is 23.8 Å². The number of H-pyrrole nitrogens is 1. The molecule has 120 valence electrons. The zero-order chi connectivity index (χ0) is 16.5. The highest BCUT2D eigenvalue weighted by Crippen LogP contribution is 2.22. The van der Waals surface area contributed by atoms with Crippen LogP contribution in [0.5, 0.6) is 0 Å². The van der Waals surface area contributed by atoms with E-state index in [-0.39, 0.29) is 5.82 Å². The van der Waals surface area contributed by atoms with Gasteiger partial charge in [-0.3, -0.25) is 0 Å². The minimum absolute atomic E-state index is 0.265. The van der Waals surface area contributed by atoms with Crippen molar-refractivity contribution in [2.24, 2.45) is 0 Å². The first kappa shape index (κ1) is 14.6. The maximum Gasteiger partial charge on any atom is 0.137 e. The third kappa shape index (κ3) is 2.67. The second-order valence-corrected chi connectivity index (χ2v) is 5.71. The van der Waals surface area contributed by atoms with Gasteiger partial charge in [-0.05, 0) is 36.8 Å². The number of halogens is 1. The van der Waals surface area contributed by atoms with Gasteiger partial charge in [0.2, 0.25) is 0 Å². The number of fused-ring (bicyclic) bond motifs is 2. The number of anilines is 1. The van der Waals surface area contributed by atoms with Crippen molar-refractivity contribution < 1.29 is 4.39 Å². The number of hydrogen-bond donors (Lipinski definition) is 2. The highest BCUT2D eigenvalue weighted by Gasteiger charge is 2.07. The molecule has 4 rings (SSSR count). The second-order valence-electron chi connectivity index (χ2n) is 5.71. The molecule has 0 aliphatic heterocycles. The maximum atomic E-state index is 13.2. The molecule has 0 atom stereocenters. The van der Waals surface area contributed by atoms with E-state index in [1.54, 1.807) is 12.4 Å². The molecule has 0 saturated carbocycles. The second kappa shape index (κ2) is 5.88. The van der Waals surface area contributed by atoms with Gasteiger partial charge in [0.25, 0.3) is 0 Å². The Morgan fingerprint density at radius 2 is 2.04 bits per heavy atom. The van der Waals surface area contributed by atoms with E-state index < -0.39 is 0 Å². The van der Waals surface area contributed by atoms with Gasteiger partial charge in [0.15, 0.2) is 0 Å². The summed E-state index contributed by atoms with van der Waals surface area (Å²) in [4.78, 5) is 16.3. The van der Waals surface area contributed by atoms with Crippen molar-refractivity contribution in [3.63, 3.8) is 0 Å². The van der Waals surface area contributed by atoms with E-state index in [1.165, 1.54) is 12.1 Å². The first-order valence-electron chi connectivity index (χ1n) is 7.79. The summed E-state index contributed by atoms with van der Waals surface area (Å²) in [6.07, 6.45) is 2.25. The van der Waals surface area contributed by atoms with Crippen LogP contribution in [-0.2, 0) is 6.42 Å². The number of benzene rings is 2. The summed E-state index contributed by atoms with van der Waals surface area (Å²) in [5.41, 5.74) is 3.55. The van der Waals surface area contributed by atoms with E-state index in [1.807, 2.05) is 25.1 Å². The standard InChI is InChI=1S/C18H16FN5/c1-11-3-2-4-14-17(11)18(22-10-21-14)20-8-7-16-23-13-6-5-12(19)9-15(13)24-16/h2-6,9-10H,7-8H2,1H3,(H,23,24)(H,20,21,22). The summed E-state index contributed by atoms with van der Waals surface area (Å²) in [6, 6.07) is 10.6. The number of aromatic nitrogens is 4. The molecule has 0 fully saturated rings. The van der Waals surface area contributed by atoms with Crippen LogP contribution in [0, 0.1) is 12.7 Å². The zero-order valence-electron chi connectivity index (χ0n) is 13.2. The molecule has 2 aromatic heterocycles. The lowest BCUT2D eigenvalue weighted by atomic mass is 10.1. The van der Waals surface area contributed by atoms with Gasteiger partial charge in [-0.15, -0.1) is 0 Å². The summed E-state index contributed by atoms with van der Waals surface area (Å²) >= 11 is 0. The average Bonchev–Trinajstić information content (AvgIpc) is 2.97. The van der Waals surface area contributed by atoms with Gasteiger partial charge in [0, 0.05) is 18.4 Å². The van der Waals surface area contributed by atoms with Crippen LogP contribution in [0.3, 0.4) is 0 Å². The molecule has 0 spiro atoms. The van der Waals surface area contributed by atoms with Gasteiger partial charge in [0.05, 0.1) is 16.6 Å². The number of aromatic amines is 1. The van der Waals surface area contributed by atoms with Crippen LogP contribution in [0.2, 0.25) is 0 Å². The maximum absolute atomic E-state index is 13.2. The first-order valence-corrected chi connectivity index (χ1v) is 7.79. The van der Waals surface area contributed by atoms with Gasteiger partial charge in [-0.25, -0.2) is 19.3 Å². The molecule has 24 heavy (non-hydrogen) atoms. The minimum Gasteiger partial charge on any atom is -0.369 e. The fourth-order valence-corrected chi connectivity index (χ4v) is 2.87. The monoisotopic (exact) mass is 321 g/mol. The molecule has 0 bridgehead atoms. The summed E-state index contributed by atoms with van der Waals surface area (Å²) in [5, 5.41) is 4.38. The highest BCUT2D eigenvalue weighted by molar-refractivity contribution is 5.91. The van der Waals surface area contributed by atoms with E-state index in [9.17, 15) is 4.39 Å². The van der Waals surface area contributed by atoms with E-state index in [0.29, 0.717) is 18.5 Å². The Morgan fingerprint density at radius 1 is 1.12 bits per heavy atom. The summed E-state index contributed by atoms with van der Waals surface area (Å²) in [6.45, 7) is 2.72. The summed E-state index contributed by atoms with van der Waals surface area (Å²) in [7, 11) is 0. The third-order valence-corrected chi connectivity index (χ3v) is 4.02. The van der Waals surface area contributed by atoms with Crippen LogP contribution in [0.15, 0.2) is 42.7 Å². The lowest BCUT2D eigenvalue weighted by molar-refractivity contribution is 0.629. The van der Waals surface area contributed by atoms with Crippen LogP contribution >= 0.6 is 0 Å². The Hall–Kier alpha value is -3.02. The molecule has 5 nitrogen and oxygen atoms in total. The highest BCUT2D eigenvalue weighted by atomic mass is 19.1. The molecule has 0 aliphatic rings. The smallest absolute Gasteiger partial charge is 0.137 e. The van der Waals surface area contributed by atoms with E-state index >= 15 is 0 Å². The number of imidazole rings is 1. The van der Waals surface area contributed by atoms with Crippen molar-refractivity contribution in [2.75, 3.05) is 11.9 Å². The third-order valence-electron chi connectivity index (χ3n) is 4.02.